The fraction of sp³-hybridized carbons (Fsp3) is 0.368. The molecule has 0 spiro atoms. The molecule has 1 atom stereocenters. The van der Waals surface area contributed by atoms with Crippen LogP contribution in [-0.4, -0.2) is 23.9 Å². The normalized spacial score (nSPS) is 13.0. The van der Waals surface area contributed by atoms with Crippen molar-refractivity contribution in [1.29, 1.82) is 0 Å². The van der Waals surface area contributed by atoms with Crippen molar-refractivity contribution in [2.24, 2.45) is 5.73 Å². The van der Waals surface area contributed by atoms with E-state index in [-0.39, 0.29) is 6.61 Å². The number of aryl methyl sites for hydroxylation is 1. The zero-order valence-electron chi connectivity index (χ0n) is 13.7. The van der Waals surface area contributed by atoms with Gasteiger partial charge in [-0.1, -0.05) is 23.4 Å². The van der Waals surface area contributed by atoms with Crippen LogP contribution in [0.5, 0.6) is 5.75 Å². The van der Waals surface area contributed by atoms with Gasteiger partial charge in [0.25, 0.3) is 0 Å². The standard InChI is InChI=1S/C19H22ClNO2S/c1-19(21,14-22)12-11-18-10-9-17(24-18)4-2-3-13-23-16-7-5-15(20)6-8-16/h5-10,22H,3,11-14,21H2,1H3. The number of nitrogens with two attached hydrogens (primary N) is 1. The van der Waals surface area contributed by atoms with Gasteiger partial charge in [0.2, 0.25) is 0 Å². The SMILES string of the molecule is CC(N)(CO)CCc1ccc(C#CCCOc2ccc(Cl)cc2)s1. The molecule has 0 aliphatic rings. The molecule has 1 unspecified atom stereocenters. The molecule has 0 aliphatic heterocycles. The lowest BCUT2D eigenvalue weighted by Crippen LogP contribution is -2.40. The minimum absolute atomic E-state index is 0.00133. The Morgan fingerprint density at radius 3 is 2.71 bits per heavy atom. The number of hydrogen-bond acceptors (Lipinski definition) is 4. The molecule has 24 heavy (non-hydrogen) atoms. The van der Waals surface area contributed by atoms with Gasteiger partial charge in [-0.15, -0.1) is 11.3 Å². The Balaban J connectivity index is 1.74. The van der Waals surface area contributed by atoms with E-state index in [1.807, 2.05) is 25.1 Å². The summed E-state index contributed by atoms with van der Waals surface area (Å²) in [5.74, 6) is 7.08. The minimum atomic E-state index is -0.519. The molecule has 2 rings (SSSR count). The first-order valence-electron chi connectivity index (χ1n) is 7.84. The summed E-state index contributed by atoms with van der Waals surface area (Å²) in [5, 5.41) is 9.88. The Kier molecular flexibility index (Phi) is 7.14. The van der Waals surface area contributed by atoms with Crippen molar-refractivity contribution in [3.63, 3.8) is 0 Å². The molecule has 3 N–H and O–H groups in total. The Hall–Kier alpha value is -1.51. The maximum absolute atomic E-state index is 9.18. The summed E-state index contributed by atoms with van der Waals surface area (Å²) in [4.78, 5) is 2.28. The van der Waals surface area contributed by atoms with Crippen LogP contribution in [0.1, 0.15) is 29.5 Å². The molecule has 3 nitrogen and oxygen atoms in total. The fourth-order valence-electron chi connectivity index (χ4n) is 1.97. The maximum Gasteiger partial charge on any atom is 0.119 e. The van der Waals surface area contributed by atoms with E-state index in [4.69, 9.17) is 22.1 Å². The highest BCUT2D eigenvalue weighted by atomic mass is 35.5. The van der Waals surface area contributed by atoms with Crippen molar-refractivity contribution >= 4 is 22.9 Å². The topological polar surface area (TPSA) is 55.5 Å². The van der Waals surface area contributed by atoms with E-state index in [9.17, 15) is 5.11 Å². The van der Waals surface area contributed by atoms with Crippen LogP contribution in [0.4, 0.5) is 0 Å². The number of aliphatic hydroxyl groups excluding tert-OH is 1. The number of benzene rings is 1. The van der Waals surface area contributed by atoms with Gasteiger partial charge >= 0.3 is 0 Å². The molecule has 5 heteroatoms. The van der Waals surface area contributed by atoms with Gasteiger partial charge in [-0.3, -0.25) is 0 Å². The maximum atomic E-state index is 9.18. The van der Waals surface area contributed by atoms with Crippen LogP contribution in [0, 0.1) is 11.8 Å². The van der Waals surface area contributed by atoms with Crippen LogP contribution >= 0.6 is 22.9 Å². The molecule has 0 radical (unpaired) electrons. The minimum Gasteiger partial charge on any atom is -0.493 e. The van der Waals surface area contributed by atoms with Gasteiger partial charge in [-0.25, -0.2) is 0 Å². The van der Waals surface area contributed by atoms with E-state index < -0.39 is 5.54 Å². The molecule has 128 valence electrons. The smallest absolute Gasteiger partial charge is 0.119 e. The van der Waals surface area contributed by atoms with Crippen molar-refractivity contribution in [2.45, 2.75) is 31.7 Å². The Labute approximate surface area is 152 Å². The van der Waals surface area contributed by atoms with Crippen LogP contribution in [0.15, 0.2) is 36.4 Å². The largest absolute Gasteiger partial charge is 0.493 e. The van der Waals surface area contributed by atoms with Gasteiger partial charge < -0.3 is 15.6 Å². The van der Waals surface area contributed by atoms with Crippen molar-refractivity contribution in [1.82, 2.24) is 0 Å². The number of halogens is 1. The quantitative estimate of drug-likeness (QED) is 0.580. The lowest BCUT2D eigenvalue weighted by molar-refractivity contribution is 0.201. The Morgan fingerprint density at radius 1 is 1.25 bits per heavy atom. The Morgan fingerprint density at radius 2 is 2.00 bits per heavy atom. The first kappa shape index (κ1) is 18.8. The third-order valence-electron chi connectivity index (χ3n) is 3.49. The summed E-state index contributed by atoms with van der Waals surface area (Å²) < 4.78 is 5.60. The van der Waals surface area contributed by atoms with Crippen LogP contribution in [0.25, 0.3) is 0 Å². The second-order valence-corrected chi connectivity index (χ2v) is 7.54. The molecule has 1 heterocycles. The second-order valence-electron chi connectivity index (χ2n) is 5.93. The van der Waals surface area contributed by atoms with E-state index in [1.54, 1.807) is 23.5 Å². The average Bonchev–Trinajstić information content (AvgIpc) is 3.02. The lowest BCUT2D eigenvalue weighted by Gasteiger charge is -2.20. The highest BCUT2D eigenvalue weighted by Crippen LogP contribution is 2.20. The second kappa shape index (κ2) is 9.10. The molecule has 0 amide bonds. The van der Waals surface area contributed by atoms with Crippen molar-refractivity contribution in [2.75, 3.05) is 13.2 Å². The molecule has 0 saturated heterocycles. The molecule has 0 bridgehead atoms. The predicted octanol–water partition coefficient (Wildman–Crippen LogP) is 3.86. The van der Waals surface area contributed by atoms with E-state index in [1.165, 1.54) is 4.88 Å². The molecule has 0 saturated carbocycles. The Bertz CT molecular complexity index is 698. The van der Waals surface area contributed by atoms with Crippen LogP contribution in [-0.2, 0) is 6.42 Å². The van der Waals surface area contributed by atoms with Gasteiger partial charge in [0.1, 0.15) is 5.75 Å². The molecule has 1 aromatic heterocycles. The molecule has 1 aromatic carbocycles. The number of thiophene rings is 1. The van der Waals surface area contributed by atoms with E-state index >= 15 is 0 Å². The third kappa shape index (κ3) is 6.54. The number of ether oxygens (including phenoxy) is 1. The third-order valence-corrected chi connectivity index (χ3v) is 4.80. The summed E-state index contributed by atoms with van der Waals surface area (Å²) in [7, 11) is 0. The zero-order chi connectivity index (χ0) is 17.4. The van der Waals surface area contributed by atoms with Gasteiger partial charge in [0.15, 0.2) is 0 Å². The van der Waals surface area contributed by atoms with Gasteiger partial charge in [0.05, 0.1) is 18.1 Å². The summed E-state index contributed by atoms with van der Waals surface area (Å²) in [6.07, 6.45) is 2.28. The highest BCUT2D eigenvalue weighted by molar-refractivity contribution is 7.12. The molecule has 2 aromatic rings. The summed E-state index contributed by atoms with van der Waals surface area (Å²) in [5.41, 5.74) is 5.43. The highest BCUT2D eigenvalue weighted by Gasteiger charge is 2.16. The first-order chi connectivity index (χ1) is 11.5. The van der Waals surface area contributed by atoms with E-state index in [0.29, 0.717) is 18.1 Å². The molecule has 0 fully saturated rings. The summed E-state index contributed by atoms with van der Waals surface area (Å²) in [6.45, 7) is 2.41. The van der Waals surface area contributed by atoms with Gasteiger partial charge in [0, 0.05) is 21.9 Å². The molecular formula is C19H22ClNO2S. The fourth-order valence-corrected chi connectivity index (χ4v) is 2.98. The van der Waals surface area contributed by atoms with Crippen LogP contribution in [0.3, 0.4) is 0 Å². The van der Waals surface area contributed by atoms with Crippen molar-refractivity contribution < 1.29 is 9.84 Å². The summed E-state index contributed by atoms with van der Waals surface area (Å²) in [6, 6.07) is 11.4. The predicted molar refractivity (Wildman–Crippen MR) is 101 cm³/mol. The number of aliphatic hydroxyl groups is 1. The van der Waals surface area contributed by atoms with Crippen molar-refractivity contribution in [3.8, 4) is 17.6 Å². The average molecular weight is 364 g/mol. The lowest BCUT2D eigenvalue weighted by atomic mass is 9.98. The zero-order valence-corrected chi connectivity index (χ0v) is 15.3. The van der Waals surface area contributed by atoms with E-state index in [2.05, 4.69) is 17.9 Å². The number of rotatable bonds is 7. The molecular weight excluding hydrogens is 342 g/mol. The van der Waals surface area contributed by atoms with Gasteiger partial charge in [-0.05, 0) is 56.2 Å². The van der Waals surface area contributed by atoms with Crippen molar-refractivity contribution in [3.05, 3.63) is 51.2 Å². The van der Waals surface area contributed by atoms with E-state index in [0.717, 1.165) is 23.5 Å². The van der Waals surface area contributed by atoms with Crippen LogP contribution in [0.2, 0.25) is 5.02 Å². The first-order valence-corrected chi connectivity index (χ1v) is 9.04. The number of hydrogen-bond donors (Lipinski definition) is 2. The van der Waals surface area contributed by atoms with Crippen LogP contribution < -0.4 is 10.5 Å². The monoisotopic (exact) mass is 363 g/mol. The van der Waals surface area contributed by atoms with Gasteiger partial charge in [-0.2, -0.15) is 0 Å². The molecule has 0 aliphatic carbocycles. The summed E-state index contributed by atoms with van der Waals surface area (Å²) >= 11 is 7.50.